The van der Waals surface area contributed by atoms with Crippen LogP contribution in [0.15, 0.2) is 59.6 Å². The van der Waals surface area contributed by atoms with Crippen LogP contribution < -0.4 is 10.6 Å². The van der Waals surface area contributed by atoms with Gasteiger partial charge in [-0.3, -0.25) is 0 Å². The molecule has 4 aromatic rings. The summed E-state index contributed by atoms with van der Waals surface area (Å²) in [5, 5.41) is 7.99. The minimum Gasteiger partial charge on any atom is -0.357 e. The third-order valence-electron chi connectivity index (χ3n) is 5.03. The number of H-pyrrole nitrogens is 1. The molecule has 7 heteroatoms. The Kier molecular flexibility index (Phi) is 7.73. The minimum absolute atomic E-state index is 0. The van der Waals surface area contributed by atoms with Crippen molar-refractivity contribution in [2.24, 2.45) is 4.99 Å². The second-order valence-corrected chi connectivity index (χ2v) is 7.16. The topological polar surface area (TPSA) is 70.0 Å². The van der Waals surface area contributed by atoms with Gasteiger partial charge in [-0.15, -0.1) is 24.0 Å². The fourth-order valence-electron chi connectivity index (χ4n) is 3.65. The first-order valence-electron chi connectivity index (χ1n) is 10.3. The van der Waals surface area contributed by atoms with Crippen LogP contribution in [0.5, 0.6) is 0 Å². The summed E-state index contributed by atoms with van der Waals surface area (Å²) in [7, 11) is 0. The molecule has 0 aliphatic rings. The highest BCUT2D eigenvalue weighted by Gasteiger charge is 2.06. The van der Waals surface area contributed by atoms with E-state index in [1.165, 1.54) is 10.9 Å². The summed E-state index contributed by atoms with van der Waals surface area (Å²) >= 11 is 0. The molecule has 2 aromatic heterocycles. The molecule has 0 saturated heterocycles. The van der Waals surface area contributed by atoms with E-state index in [1.807, 2.05) is 12.1 Å². The summed E-state index contributed by atoms with van der Waals surface area (Å²) in [5.41, 5.74) is 4.53. The summed E-state index contributed by atoms with van der Waals surface area (Å²) in [5.74, 6) is 1.91. The fraction of sp³-hybridized carbons (Fsp3) is 0.304. The van der Waals surface area contributed by atoms with Crippen molar-refractivity contribution in [3.05, 3.63) is 66.1 Å². The summed E-state index contributed by atoms with van der Waals surface area (Å²) in [6.45, 7) is 7.39. The quantitative estimate of drug-likeness (QED) is 0.146. The van der Waals surface area contributed by atoms with E-state index in [4.69, 9.17) is 4.99 Å². The van der Waals surface area contributed by atoms with Crippen LogP contribution in [-0.4, -0.2) is 33.6 Å². The van der Waals surface area contributed by atoms with Crippen molar-refractivity contribution in [2.45, 2.75) is 33.4 Å². The molecular weight excluding hydrogens is 487 g/mol. The Balaban J connectivity index is 0.00000256. The van der Waals surface area contributed by atoms with Gasteiger partial charge < -0.3 is 20.2 Å². The van der Waals surface area contributed by atoms with Gasteiger partial charge in [0.15, 0.2) is 5.96 Å². The number of nitrogens with one attached hydrogen (secondary N) is 3. The number of para-hydroxylation sites is 3. The molecule has 4 rings (SSSR count). The highest BCUT2D eigenvalue weighted by atomic mass is 127. The number of aromatic nitrogens is 3. The molecule has 30 heavy (non-hydrogen) atoms. The van der Waals surface area contributed by atoms with Crippen molar-refractivity contribution in [3.8, 4) is 0 Å². The van der Waals surface area contributed by atoms with Gasteiger partial charge in [0.05, 0.1) is 17.6 Å². The molecule has 0 bridgehead atoms. The Hall–Kier alpha value is -2.55. The lowest BCUT2D eigenvalue weighted by molar-refractivity contribution is 0.624. The molecule has 0 amide bonds. The maximum Gasteiger partial charge on any atom is 0.191 e. The molecule has 0 unspecified atom stereocenters. The minimum atomic E-state index is 0. The zero-order chi connectivity index (χ0) is 20.1. The molecule has 0 spiro atoms. The average molecular weight is 516 g/mol. The van der Waals surface area contributed by atoms with Gasteiger partial charge in [0.1, 0.15) is 5.82 Å². The van der Waals surface area contributed by atoms with E-state index in [0.717, 1.165) is 54.6 Å². The monoisotopic (exact) mass is 516 g/mol. The molecule has 0 aliphatic heterocycles. The third-order valence-corrected chi connectivity index (χ3v) is 5.03. The number of hydrogen-bond donors (Lipinski definition) is 3. The van der Waals surface area contributed by atoms with Crippen molar-refractivity contribution in [1.82, 2.24) is 25.2 Å². The van der Waals surface area contributed by atoms with Gasteiger partial charge in [-0.25, -0.2) is 9.98 Å². The lowest BCUT2D eigenvalue weighted by Crippen LogP contribution is -2.38. The van der Waals surface area contributed by atoms with E-state index in [-0.39, 0.29) is 24.0 Å². The lowest BCUT2D eigenvalue weighted by Gasteiger charge is -2.12. The summed E-state index contributed by atoms with van der Waals surface area (Å²) < 4.78 is 2.28. The van der Waals surface area contributed by atoms with E-state index >= 15 is 0 Å². The predicted octanol–water partition coefficient (Wildman–Crippen LogP) is 4.59. The maximum atomic E-state index is 4.73. The summed E-state index contributed by atoms with van der Waals surface area (Å²) in [6, 6.07) is 18.8. The molecule has 2 heterocycles. The van der Waals surface area contributed by atoms with E-state index in [9.17, 15) is 0 Å². The molecule has 0 saturated carbocycles. The summed E-state index contributed by atoms with van der Waals surface area (Å²) in [6.07, 6.45) is 0.998. The first kappa shape index (κ1) is 22.1. The Bertz CT molecular complexity index is 1090. The van der Waals surface area contributed by atoms with Crippen LogP contribution in [0.25, 0.3) is 21.9 Å². The number of fused-ring (bicyclic) bond motifs is 2. The fourth-order valence-corrected chi connectivity index (χ4v) is 3.65. The first-order chi connectivity index (χ1) is 14.2. The van der Waals surface area contributed by atoms with Gasteiger partial charge in [-0.1, -0.05) is 30.3 Å². The summed E-state index contributed by atoms with van der Waals surface area (Å²) in [4.78, 5) is 12.8. The number of aryl methyl sites for hydroxylation is 2. The number of nitrogens with zero attached hydrogens (tertiary/aromatic N) is 3. The van der Waals surface area contributed by atoms with Crippen LogP contribution in [-0.2, 0) is 13.1 Å². The predicted molar refractivity (Wildman–Crippen MR) is 136 cm³/mol. The van der Waals surface area contributed by atoms with Crippen LogP contribution in [0.1, 0.15) is 24.9 Å². The molecular formula is C23H29IN6. The van der Waals surface area contributed by atoms with Crippen LogP contribution in [0.2, 0.25) is 0 Å². The molecule has 3 N–H and O–H groups in total. The number of halogens is 1. The number of guanidine groups is 1. The Morgan fingerprint density at radius 3 is 2.73 bits per heavy atom. The van der Waals surface area contributed by atoms with Crippen molar-refractivity contribution in [3.63, 3.8) is 0 Å². The van der Waals surface area contributed by atoms with Gasteiger partial charge in [-0.05, 0) is 49.9 Å². The maximum absolute atomic E-state index is 4.73. The van der Waals surface area contributed by atoms with Crippen LogP contribution in [0.4, 0.5) is 0 Å². The van der Waals surface area contributed by atoms with Crippen LogP contribution in [0.3, 0.4) is 0 Å². The number of aromatic amines is 1. The smallest absolute Gasteiger partial charge is 0.191 e. The molecule has 2 aromatic carbocycles. The second kappa shape index (κ2) is 10.5. The van der Waals surface area contributed by atoms with Crippen molar-refractivity contribution < 1.29 is 0 Å². The number of hydrogen-bond acceptors (Lipinski definition) is 2. The van der Waals surface area contributed by atoms with Gasteiger partial charge in [0.25, 0.3) is 0 Å². The molecule has 158 valence electrons. The van der Waals surface area contributed by atoms with Crippen molar-refractivity contribution in [1.29, 1.82) is 0 Å². The van der Waals surface area contributed by atoms with E-state index in [2.05, 4.69) is 81.5 Å². The SMILES string of the molecule is CCNC(=NCc1cc2ccccc2[nH]1)NCCCn1c(C)nc2ccccc21.I. The van der Waals surface area contributed by atoms with Gasteiger partial charge in [-0.2, -0.15) is 0 Å². The zero-order valence-electron chi connectivity index (χ0n) is 17.5. The van der Waals surface area contributed by atoms with E-state index in [1.54, 1.807) is 0 Å². The number of imidazole rings is 1. The van der Waals surface area contributed by atoms with Crippen LogP contribution >= 0.6 is 24.0 Å². The van der Waals surface area contributed by atoms with Gasteiger partial charge in [0, 0.05) is 30.8 Å². The van der Waals surface area contributed by atoms with Gasteiger partial charge >= 0.3 is 0 Å². The molecule has 0 fully saturated rings. The number of rotatable bonds is 7. The highest BCUT2D eigenvalue weighted by Crippen LogP contribution is 2.16. The second-order valence-electron chi connectivity index (χ2n) is 7.16. The highest BCUT2D eigenvalue weighted by molar-refractivity contribution is 14.0. The standard InChI is InChI=1S/C23H28N6.HI/c1-3-24-23(26-16-19-15-18-9-4-5-10-20(18)28-19)25-13-8-14-29-17(2)27-21-11-6-7-12-22(21)29;/h4-7,9-12,15,28H,3,8,13-14,16H2,1-2H3,(H2,24,25,26);1H. The van der Waals surface area contributed by atoms with Crippen molar-refractivity contribution in [2.75, 3.05) is 13.1 Å². The molecule has 0 aliphatic carbocycles. The normalized spacial score (nSPS) is 11.6. The first-order valence-corrected chi connectivity index (χ1v) is 10.3. The Morgan fingerprint density at radius 1 is 1.10 bits per heavy atom. The average Bonchev–Trinajstić information content (AvgIpc) is 3.29. The van der Waals surface area contributed by atoms with E-state index in [0.29, 0.717) is 6.54 Å². The van der Waals surface area contributed by atoms with Crippen LogP contribution in [0, 0.1) is 6.92 Å². The number of aliphatic imine (C=N–C) groups is 1. The molecule has 6 nitrogen and oxygen atoms in total. The lowest BCUT2D eigenvalue weighted by atomic mass is 10.2. The number of benzene rings is 2. The molecule has 0 radical (unpaired) electrons. The molecule has 0 atom stereocenters. The van der Waals surface area contributed by atoms with Crippen molar-refractivity contribution >= 4 is 51.9 Å². The van der Waals surface area contributed by atoms with E-state index < -0.39 is 0 Å². The Labute approximate surface area is 194 Å². The Morgan fingerprint density at radius 2 is 1.90 bits per heavy atom. The van der Waals surface area contributed by atoms with Gasteiger partial charge in [0.2, 0.25) is 0 Å². The largest absolute Gasteiger partial charge is 0.357 e. The zero-order valence-corrected chi connectivity index (χ0v) is 19.8. The third kappa shape index (κ3) is 5.13.